The van der Waals surface area contributed by atoms with Crippen LogP contribution in [0.1, 0.15) is 171 Å². The molecule has 6 aromatic carbocycles. The third-order valence-corrected chi connectivity index (χ3v) is 38.1. The first-order valence-corrected chi connectivity index (χ1v) is 36.9. The second-order valence-electron chi connectivity index (χ2n) is 22.2. The Balaban J connectivity index is 1.43. The summed E-state index contributed by atoms with van der Waals surface area (Å²) in [7, 11) is 18.4. The van der Waals surface area contributed by atoms with Gasteiger partial charge in [-0.05, 0) is 0 Å². The summed E-state index contributed by atoms with van der Waals surface area (Å²) >= 11 is -5.81. The van der Waals surface area contributed by atoms with E-state index < -0.39 is 25.9 Å². The van der Waals surface area contributed by atoms with Crippen LogP contribution in [0.5, 0.6) is 0 Å². The number of hydrogen-bond acceptors (Lipinski definition) is 0. The van der Waals surface area contributed by atoms with Crippen LogP contribution in [0.3, 0.4) is 0 Å². The number of halogens is 2. The van der Waals surface area contributed by atoms with Crippen molar-refractivity contribution in [2.75, 3.05) is 0 Å². The van der Waals surface area contributed by atoms with Crippen LogP contribution < -0.4 is 13.6 Å². The average Bonchev–Trinajstić information content (AvgIpc) is 3.96. The van der Waals surface area contributed by atoms with Gasteiger partial charge in [0.25, 0.3) is 0 Å². The van der Waals surface area contributed by atoms with Gasteiger partial charge in [0.05, 0.1) is 0 Å². The van der Waals surface area contributed by atoms with Gasteiger partial charge in [-0.3, -0.25) is 0 Å². The van der Waals surface area contributed by atoms with E-state index in [0.29, 0.717) is 35.5 Å². The Morgan fingerprint density at radius 3 is 1.29 bits per heavy atom. The molecule has 0 radical (unpaired) electrons. The zero-order valence-corrected chi connectivity index (χ0v) is 47.0. The van der Waals surface area contributed by atoms with E-state index in [0.717, 1.165) is 12.8 Å². The zero-order valence-electron chi connectivity index (χ0n) is 41.6. The van der Waals surface area contributed by atoms with Crippen molar-refractivity contribution in [2.24, 2.45) is 11.8 Å². The Kier molecular flexibility index (Phi) is 13.0. The van der Waals surface area contributed by atoms with E-state index in [1.54, 1.807) is 0 Å². The molecule has 0 nitrogen and oxygen atoms in total. The molecular weight excluding hydrogens is 935 g/mol. The van der Waals surface area contributed by atoms with Crippen LogP contribution >= 0.6 is 17.0 Å². The molecule has 4 heteroatoms. The minimum atomic E-state index is -5.81. The Hall–Kier alpha value is -3.52. The zero-order chi connectivity index (χ0) is 47.0. The van der Waals surface area contributed by atoms with E-state index >= 15 is 0 Å². The summed E-state index contributed by atoms with van der Waals surface area (Å²) in [5, 5.41) is 2.99. The van der Waals surface area contributed by atoms with Gasteiger partial charge in [0, 0.05) is 0 Å². The van der Waals surface area contributed by atoms with E-state index in [-0.39, 0.29) is 7.25 Å². The fourth-order valence-corrected chi connectivity index (χ4v) is 40.6. The van der Waals surface area contributed by atoms with Gasteiger partial charge < -0.3 is 0 Å². The number of hydrogen-bond donors (Lipinski definition) is 0. The molecule has 9 rings (SSSR count). The molecule has 2 atom stereocenters. The van der Waals surface area contributed by atoms with Crippen molar-refractivity contribution in [1.82, 2.24) is 0 Å². The molecule has 0 N–H and O–H groups in total. The van der Waals surface area contributed by atoms with E-state index in [2.05, 4.69) is 210 Å². The Labute approximate surface area is 408 Å². The molecule has 0 aromatic heterocycles. The van der Waals surface area contributed by atoms with E-state index in [1.165, 1.54) is 103 Å². The molecule has 0 fully saturated rings. The summed E-state index contributed by atoms with van der Waals surface area (Å²) in [6, 6.07) is 44.5. The number of benzene rings is 6. The first-order chi connectivity index (χ1) is 31.4. The molecule has 0 amide bonds. The van der Waals surface area contributed by atoms with E-state index in [1.807, 2.05) is 0 Å². The normalized spacial score (nSPS) is 17.5. The maximum absolute atomic E-state index is 9.65. The number of fused-ring (bicyclic) bond motifs is 5. The summed E-state index contributed by atoms with van der Waals surface area (Å²) in [5.74, 6) is 2.28. The molecule has 66 heavy (non-hydrogen) atoms. The van der Waals surface area contributed by atoms with Gasteiger partial charge in [-0.2, -0.15) is 0 Å². The summed E-state index contributed by atoms with van der Waals surface area (Å²) < 4.78 is 1.07. The fourth-order valence-electron chi connectivity index (χ4n) is 12.7. The Morgan fingerprint density at radius 1 is 0.439 bits per heavy atom. The molecule has 0 saturated carbocycles. The standard InChI is InChI=1S/2C25H31.C12H9Si.2ClH.Zr/c2*1-16(2)13-19-14-20-11-12-22(18(5)6)25(24(20)15-19)23-10-8-7-9-21(23)17(3)4;1-3-7-11-9(5-1)10-6-2-4-8-12(10)13-11;;;/h2*7-12,14-18H,13H2,1-6H3;1-7H,13H2;2*1H;/q;;;;;+2/p-2. The van der Waals surface area contributed by atoms with Crippen LogP contribution in [0, 0.1) is 11.8 Å². The van der Waals surface area contributed by atoms with Crippen LogP contribution in [0.2, 0.25) is 0 Å². The molecule has 0 spiro atoms. The minimum absolute atomic E-state index is 0.120. The molecule has 2 aliphatic carbocycles. The van der Waals surface area contributed by atoms with E-state index in [4.69, 9.17) is 0 Å². The first-order valence-electron chi connectivity index (χ1n) is 25.1. The monoisotopic (exact) mass is 1000 g/mol. The van der Waals surface area contributed by atoms with Gasteiger partial charge in [-0.1, -0.05) is 0 Å². The van der Waals surface area contributed by atoms with Crippen LogP contribution in [-0.4, -0.2) is 9.52 Å². The predicted octanol–water partition coefficient (Wildman–Crippen LogP) is 16.6. The third-order valence-electron chi connectivity index (χ3n) is 15.3. The van der Waals surface area contributed by atoms with Crippen LogP contribution in [0.4, 0.5) is 0 Å². The Bertz CT molecular complexity index is 2780. The molecule has 6 aromatic rings. The van der Waals surface area contributed by atoms with Crippen LogP contribution in [0.25, 0.3) is 45.5 Å². The van der Waals surface area contributed by atoms with Crippen molar-refractivity contribution in [1.29, 1.82) is 0 Å². The Morgan fingerprint density at radius 2 is 0.848 bits per heavy atom. The van der Waals surface area contributed by atoms with Crippen LogP contribution in [-0.2, 0) is 16.4 Å². The molecule has 341 valence electrons. The van der Waals surface area contributed by atoms with E-state index in [9.17, 15) is 17.0 Å². The van der Waals surface area contributed by atoms with Gasteiger partial charge >= 0.3 is 412 Å². The van der Waals surface area contributed by atoms with Crippen molar-refractivity contribution >= 4 is 52.3 Å². The second kappa shape index (κ2) is 18.1. The quantitative estimate of drug-likeness (QED) is 0.101. The molecule has 3 aliphatic rings. The third kappa shape index (κ3) is 7.81. The molecule has 1 heterocycles. The second-order valence-corrected chi connectivity index (χ2v) is 44.6. The fraction of sp³-hybridized carbons (Fsp3) is 0.355. The SMILES string of the molecule is CC(C)CC1=Cc2c(ccc(C(C)C)c2-c2ccccc2C(C)C)[CH]1[Zr]([Cl])([Cl])([c]1cccc2c1[SiH2]c1ccccc1-2)[CH]1C(CC(C)C)=Cc2c1ccc(C(C)C)c2-c1ccccc1C(C)C. The predicted molar refractivity (Wildman–Crippen MR) is 291 cm³/mol. The topological polar surface area (TPSA) is 0 Å². The molecule has 2 unspecified atom stereocenters. The number of allylic oxidation sites excluding steroid dienone is 2. The number of rotatable bonds is 13. The van der Waals surface area contributed by atoms with Crippen molar-refractivity contribution in [3.8, 4) is 33.4 Å². The summed E-state index contributed by atoms with van der Waals surface area (Å²) in [5.41, 5.74) is 22.0. The van der Waals surface area contributed by atoms with Crippen molar-refractivity contribution < 1.29 is 16.4 Å². The van der Waals surface area contributed by atoms with Gasteiger partial charge in [-0.15, -0.1) is 0 Å². The van der Waals surface area contributed by atoms with Crippen LogP contribution in [0.15, 0.2) is 126 Å². The van der Waals surface area contributed by atoms with Gasteiger partial charge in [0.15, 0.2) is 0 Å². The molecule has 0 bridgehead atoms. The van der Waals surface area contributed by atoms with Gasteiger partial charge in [0.1, 0.15) is 0 Å². The summed E-state index contributed by atoms with van der Waals surface area (Å²) in [6.07, 6.45) is 7.11. The summed E-state index contributed by atoms with van der Waals surface area (Å²) in [6.45, 7) is 28.3. The van der Waals surface area contributed by atoms with Crippen molar-refractivity contribution in [2.45, 2.75) is 127 Å². The van der Waals surface area contributed by atoms with Crippen molar-refractivity contribution in [3.63, 3.8) is 0 Å². The molecule has 0 saturated heterocycles. The van der Waals surface area contributed by atoms with Crippen molar-refractivity contribution in [3.05, 3.63) is 171 Å². The average molecular weight is 1010 g/mol. The molecular formula is C62H71Cl2SiZr. The van der Waals surface area contributed by atoms with Gasteiger partial charge in [0.2, 0.25) is 0 Å². The maximum atomic E-state index is 9.65. The first kappa shape index (κ1) is 47.5. The van der Waals surface area contributed by atoms with Gasteiger partial charge in [-0.25, -0.2) is 0 Å². The molecule has 1 aliphatic heterocycles. The summed E-state index contributed by atoms with van der Waals surface area (Å²) in [4.78, 5) is 0.